The van der Waals surface area contributed by atoms with Crippen LogP contribution in [-0.2, 0) is 10.0 Å². The molecule has 0 spiro atoms. The maximum Gasteiger partial charge on any atom is 0.240 e. The second kappa shape index (κ2) is 6.20. The Morgan fingerprint density at radius 1 is 1.33 bits per heavy atom. The molecule has 0 bridgehead atoms. The van der Waals surface area contributed by atoms with Crippen LogP contribution in [0.5, 0.6) is 0 Å². The summed E-state index contributed by atoms with van der Waals surface area (Å²) in [4.78, 5) is 0.333. The Morgan fingerprint density at radius 2 is 2.00 bits per heavy atom. The highest BCUT2D eigenvalue weighted by Gasteiger charge is 2.15. The minimum Gasteiger partial charge on any atom is -0.385 e. The summed E-state index contributed by atoms with van der Waals surface area (Å²) in [6.07, 6.45) is 1.10. The van der Waals surface area contributed by atoms with Gasteiger partial charge in [0, 0.05) is 12.2 Å². The number of hydrogen-bond donors (Lipinski definition) is 2. The molecule has 102 valence electrons. The molecular formula is C13H22N2O2S. The predicted octanol–water partition coefficient (Wildman–Crippen LogP) is 2.36. The Kier molecular flexibility index (Phi) is 5.16. The topological polar surface area (TPSA) is 58.2 Å². The Morgan fingerprint density at radius 3 is 2.56 bits per heavy atom. The van der Waals surface area contributed by atoms with E-state index in [9.17, 15) is 8.42 Å². The highest BCUT2D eigenvalue weighted by atomic mass is 32.2. The molecular weight excluding hydrogens is 248 g/mol. The zero-order valence-corrected chi connectivity index (χ0v) is 12.3. The number of aryl methyl sites for hydroxylation is 1. The van der Waals surface area contributed by atoms with Crippen LogP contribution in [0.1, 0.15) is 25.8 Å². The summed E-state index contributed by atoms with van der Waals surface area (Å²) in [6.45, 7) is 6.94. The quantitative estimate of drug-likeness (QED) is 0.834. The molecule has 5 heteroatoms. The van der Waals surface area contributed by atoms with Crippen LogP contribution in [0, 0.1) is 12.8 Å². The van der Waals surface area contributed by atoms with Crippen molar-refractivity contribution in [2.24, 2.45) is 5.92 Å². The van der Waals surface area contributed by atoms with Crippen molar-refractivity contribution in [3.63, 3.8) is 0 Å². The van der Waals surface area contributed by atoms with Gasteiger partial charge in [-0.15, -0.1) is 0 Å². The van der Waals surface area contributed by atoms with Crippen molar-refractivity contribution >= 4 is 15.7 Å². The van der Waals surface area contributed by atoms with Crippen molar-refractivity contribution in [1.82, 2.24) is 4.72 Å². The van der Waals surface area contributed by atoms with Crippen LogP contribution < -0.4 is 10.0 Å². The largest absolute Gasteiger partial charge is 0.385 e. The van der Waals surface area contributed by atoms with E-state index in [4.69, 9.17) is 0 Å². The molecule has 0 aromatic heterocycles. The van der Waals surface area contributed by atoms with Crippen molar-refractivity contribution < 1.29 is 8.42 Å². The summed E-state index contributed by atoms with van der Waals surface area (Å²) in [6, 6.07) is 5.42. The van der Waals surface area contributed by atoms with Gasteiger partial charge in [0.1, 0.15) is 0 Å². The Balaban J connectivity index is 2.95. The van der Waals surface area contributed by atoms with Crippen molar-refractivity contribution in [2.45, 2.75) is 32.1 Å². The fourth-order valence-corrected chi connectivity index (χ4v) is 2.54. The lowest BCUT2D eigenvalue weighted by atomic mass is 10.1. The highest BCUT2D eigenvalue weighted by molar-refractivity contribution is 7.89. The van der Waals surface area contributed by atoms with Crippen molar-refractivity contribution in [3.8, 4) is 0 Å². The van der Waals surface area contributed by atoms with E-state index in [-0.39, 0.29) is 0 Å². The van der Waals surface area contributed by atoms with E-state index in [0.29, 0.717) is 10.8 Å². The number of nitrogens with one attached hydrogen (secondary N) is 2. The van der Waals surface area contributed by atoms with Crippen molar-refractivity contribution in [2.75, 3.05) is 18.9 Å². The molecule has 0 aliphatic rings. The molecule has 0 saturated heterocycles. The molecule has 1 aromatic carbocycles. The molecule has 0 radical (unpaired) electrons. The molecule has 0 fully saturated rings. The van der Waals surface area contributed by atoms with Crippen LogP contribution in [0.2, 0.25) is 0 Å². The first-order chi connectivity index (χ1) is 8.40. The van der Waals surface area contributed by atoms with Gasteiger partial charge >= 0.3 is 0 Å². The normalized spacial score (nSPS) is 13.3. The molecule has 2 N–H and O–H groups in total. The van der Waals surface area contributed by atoms with Gasteiger partial charge in [-0.05, 0) is 37.6 Å². The van der Waals surface area contributed by atoms with E-state index < -0.39 is 10.0 Å². The Labute approximate surface area is 110 Å². The lowest BCUT2D eigenvalue weighted by Gasteiger charge is -2.13. The molecule has 0 heterocycles. The van der Waals surface area contributed by atoms with Crippen LogP contribution in [0.3, 0.4) is 0 Å². The first-order valence-electron chi connectivity index (χ1n) is 6.18. The van der Waals surface area contributed by atoms with Crippen molar-refractivity contribution in [3.05, 3.63) is 23.8 Å². The van der Waals surface area contributed by atoms with E-state index >= 15 is 0 Å². The van der Waals surface area contributed by atoms with Gasteiger partial charge in [0.2, 0.25) is 10.0 Å². The number of hydrogen-bond acceptors (Lipinski definition) is 3. The molecule has 0 saturated carbocycles. The van der Waals surface area contributed by atoms with Crippen LogP contribution in [0.25, 0.3) is 0 Å². The van der Waals surface area contributed by atoms with Crippen LogP contribution in [0.15, 0.2) is 23.1 Å². The molecule has 1 aromatic rings. The molecule has 18 heavy (non-hydrogen) atoms. The molecule has 1 atom stereocenters. The van der Waals surface area contributed by atoms with Gasteiger partial charge in [-0.25, -0.2) is 13.1 Å². The minimum atomic E-state index is -3.39. The fourth-order valence-electron chi connectivity index (χ4n) is 1.55. The summed E-state index contributed by atoms with van der Waals surface area (Å²) in [5, 5.41) is 3.27. The van der Waals surface area contributed by atoms with Gasteiger partial charge < -0.3 is 5.32 Å². The summed E-state index contributed by atoms with van der Waals surface area (Å²) in [5.41, 5.74) is 1.59. The second-order valence-corrected chi connectivity index (χ2v) is 6.44. The third-order valence-corrected chi connectivity index (χ3v) is 4.65. The molecule has 0 amide bonds. The number of anilines is 1. The minimum absolute atomic E-state index is 0.333. The van der Waals surface area contributed by atoms with E-state index in [1.165, 1.54) is 7.05 Å². The highest BCUT2D eigenvalue weighted by Crippen LogP contribution is 2.20. The third-order valence-electron chi connectivity index (χ3n) is 3.10. The van der Waals surface area contributed by atoms with Gasteiger partial charge in [0.15, 0.2) is 0 Å². The van der Waals surface area contributed by atoms with Gasteiger partial charge in [0.25, 0.3) is 0 Å². The standard InChI is InChI=1S/C13H22N2O2S/c1-5-10(2)9-15-12-7-6-11(3)13(8-12)18(16,17)14-4/h6-8,10,14-15H,5,9H2,1-4H3. The summed E-state index contributed by atoms with van der Waals surface area (Å²) in [7, 11) is -1.96. The molecule has 4 nitrogen and oxygen atoms in total. The smallest absolute Gasteiger partial charge is 0.240 e. The molecule has 1 rings (SSSR count). The van der Waals surface area contributed by atoms with E-state index in [1.807, 2.05) is 12.1 Å². The summed E-state index contributed by atoms with van der Waals surface area (Å²) < 4.78 is 26.0. The Hall–Kier alpha value is -1.07. The number of rotatable bonds is 6. The average molecular weight is 270 g/mol. The Bertz CT molecular complexity index is 498. The molecule has 0 aliphatic carbocycles. The lowest BCUT2D eigenvalue weighted by molar-refractivity contribution is 0.587. The van der Waals surface area contributed by atoms with Crippen LogP contribution >= 0.6 is 0 Å². The fraction of sp³-hybridized carbons (Fsp3) is 0.538. The maximum atomic E-state index is 11.8. The molecule has 1 unspecified atom stereocenters. The van der Waals surface area contributed by atoms with Gasteiger partial charge in [0.05, 0.1) is 4.90 Å². The SMILES string of the molecule is CCC(C)CNc1ccc(C)c(S(=O)(=O)NC)c1. The summed E-state index contributed by atoms with van der Waals surface area (Å²) in [5.74, 6) is 0.565. The third kappa shape index (κ3) is 3.71. The van der Waals surface area contributed by atoms with E-state index in [1.54, 1.807) is 13.0 Å². The van der Waals surface area contributed by atoms with E-state index in [0.717, 1.165) is 24.2 Å². The average Bonchev–Trinajstić information content (AvgIpc) is 2.37. The first kappa shape index (κ1) is 15.0. The van der Waals surface area contributed by atoms with Gasteiger partial charge in [-0.1, -0.05) is 26.3 Å². The van der Waals surface area contributed by atoms with Crippen molar-refractivity contribution in [1.29, 1.82) is 0 Å². The monoisotopic (exact) mass is 270 g/mol. The zero-order valence-electron chi connectivity index (χ0n) is 11.4. The summed E-state index contributed by atoms with van der Waals surface area (Å²) >= 11 is 0. The first-order valence-corrected chi connectivity index (χ1v) is 7.67. The van der Waals surface area contributed by atoms with Gasteiger partial charge in [-0.3, -0.25) is 0 Å². The van der Waals surface area contributed by atoms with E-state index in [2.05, 4.69) is 23.9 Å². The lowest BCUT2D eigenvalue weighted by Crippen LogP contribution is -2.20. The number of benzene rings is 1. The molecule has 0 aliphatic heterocycles. The van der Waals surface area contributed by atoms with Crippen LogP contribution in [-0.4, -0.2) is 22.0 Å². The number of sulfonamides is 1. The zero-order chi connectivity index (χ0) is 13.8. The van der Waals surface area contributed by atoms with Crippen LogP contribution in [0.4, 0.5) is 5.69 Å². The maximum absolute atomic E-state index is 11.8. The second-order valence-electron chi connectivity index (χ2n) is 4.58. The predicted molar refractivity (Wildman–Crippen MR) is 75.4 cm³/mol. The van der Waals surface area contributed by atoms with Gasteiger partial charge in [-0.2, -0.15) is 0 Å².